The van der Waals surface area contributed by atoms with Gasteiger partial charge in [0, 0.05) is 11.4 Å². The van der Waals surface area contributed by atoms with Gasteiger partial charge in [0.05, 0.1) is 6.42 Å². The first-order valence-corrected chi connectivity index (χ1v) is 11.2. The van der Waals surface area contributed by atoms with E-state index in [2.05, 4.69) is 13.8 Å². The number of esters is 1. The molecule has 152 valence electrons. The summed E-state index contributed by atoms with van der Waals surface area (Å²) in [4.78, 5) is 22.7. The first kappa shape index (κ1) is 19.3. The smallest absolute Gasteiger partial charge is 0.306 e. The fourth-order valence-corrected chi connectivity index (χ4v) is 7.86. The molecule has 4 saturated carbocycles. The monoisotopic (exact) mass is 375 g/mol. The predicted molar refractivity (Wildman–Crippen MR) is 100 cm³/mol. The van der Waals surface area contributed by atoms with Crippen molar-refractivity contribution >= 4 is 11.9 Å². The SMILES string of the molecule is C[C@]12CCCC[C@H]1CC[C@H]1[C@H]3CC[C@H](OC(=O)CCC(=O)[O-])[C@@]3(C)CC[C@@H]12. The lowest BCUT2D eigenvalue weighted by molar-refractivity contribution is -0.305. The second-order valence-corrected chi connectivity index (χ2v) is 10.4. The maximum atomic E-state index is 12.1. The van der Waals surface area contributed by atoms with Crippen molar-refractivity contribution in [3.05, 3.63) is 0 Å². The van der Waals surface area contributed by atoms with Crippen molar-refractivity contribution in [1.82, 2.24) is 0 Å². The van der Waals surface area contributed by atoms with Crippen molar-refractivity contribution in [1.29, 1.82) is 0 Å². The number of hydrogen-bond donors (Lipinski definition) is 0. The van der Waals surface area contributed by atoms with Gasteiger partial charge in [-0.2, -0.15) is 0 Å². The predicted octanol–water partition coefficient (Wildman–Crippen LogP) is 3.86. The Bertz CT molecular complexity index is 601. The van der Waals surface area contributed by atoms with Crippen molar-refractivity contribution in [2.45, 2.75) is 97.0 Å². The highest BCUT2D eigenvalue weighted by Crippen LogP contribution is 2.66. The average Bonchev–Trinajstić information content (AvgIpc) is 2.96. The molecule has 4 aliphatic carbocycles. The van der Waals surface area contributed by atoms with Crippen LogP contribution in [0.3, 0.4) is 0 Å². The van der Waals surface area contributed by atoms with E-state index in [1.165, 1.54) is 44.9 Å². The van der Waals surface area contributed by atoms with E-state index in [0.717, 1.165) is 37.0 Å². The molecule has 4 aliphatic rings. The minimum atomic E-state index is -1.18. The molecule has 0 aromatic rings. The Balaban J connectivity index is 1.46. The van der Waals surface area contributed by atoms with Crippen molar-refractivity contribution in [3.63, 3.8) is 0 Å². The Morgan fingerprint density at radius 1 is 0.889 bits per heavy atom. The largest absolute Gasteiger partial charge is 0.550 e. The number of carbonyl (C=O) groups is 2. The number of carboxylic acid groups (broad SMARTS) is 1. The zero-order chi connectivity index (χ0) is 19.2. The van der Waals surface area contributed by atoms with Crippen LogP contribution in [0, 0.1) is 34.5 Å². The van der Waals surface area contributed by atoms with E-state index in [1.54, 1.807) is 0 Å². The van der Waals surface area contributed by atoms with Gasteiger partial charge >= 0.3 is 5.97 Å². The van der Waals surface area contributed by atoms with Crippen molar-refractivity contribution < 1.29 is 19.4 Å². The van der Waals surface area contributed by atoms with Crippen LogP contribution in [-0.4, -0.2) is 18.0 Å². The standard InChI is InChI=1S/C23H36O4/c1-22-13-4-3-5-15(22)6-7-16-17-8-9-19(23(17,2)14-12-18(16)22)27-21(26)11-10-20(24)25/h15-19H,3-14H2,1-2H3,(H,24,25)/p-1/t15-,16-,17+,18-,19-,22-,23-/m0/s1. The number of hydrogen-bond acceptors (Lipinski definition) is 4. The van der Waals surface area contributed by atoms with Crippen LogP contribution in [0.1, 0.15) is 90.9 Å². The van der Waals surface area contributed by atoms with Gasteiger partial charge in [-0.05, 0) is 86.9 Å². The normalized spacial score (nSPS) is 46.1. The summed E-state index contributed by atoms with van der Waals surface area (Å²) >= 11 is 0. The van der Waals surface area contributed by atoms with E-state index in [1.807, 2.05) is 0 Å². The Labute approximate surface area is 163 Å². The van der Waals surface area contributed by atoms with Crippen LogP contribution in [-0.2, 0) is 14.3 Å². The Kier molecular flexibility index (Phi) is 5.05. The first-order valence-electron chi connectivity index (χ1n) is 11.2. The molecule has 4 fully saturated rings. The summed E-state index contributed by atoms with van der Waals surface area (Å²) in [6, 6.07) is 0. The number of aliphatic carboxylic acids is 1. The summed E-state index contributed by atoms with van der Waals surface area (Å²) in [7, 11) is 0. The van der Waals surface area contributed by atoms with E-state index in [9.17, 15) is 14.7 Å². The topological polar surface area (TPSA) is 66.4 Å². The molecule has 4 heteroatoms. The van der Waals surface area contributed by atoms with E-state index < -0.39 is 5.97 Å². The molecule has 0 aromatic heterocycles. The summed E-state index contributed by atoms with van der Waals surface area (Å²) in [6.07, 6.45) is 12.6. The van der Waals surface area contributed by atoms with Crippen LogP contribution < -0.4 is 5.11 Å². The molecule has 0 N–H and O–H groups in total. The summed E-state index contributed by atoms with van der Waals surface area (Å²) in [5.74, 6) is 1.68. The molecule has 27 heavy (non-hydrogen) atoms. The van der Waals surface area contributed by atoms with Crippen LogP contribution in [0.5, 0.6) is 0 Å². The maximum Gasteiger partial charge on any atom is 0.306 e. The fourth-order valence-electron chi connectivity index (χ4n) is 7.86. The van der Waals surface area contributed by atoms with E-state index >= 15 is 0 Å². The molecule has 0 bridgehead atoms. The molecule has 4 rings (SSSR count). The summed E-state index contributed by atoms with van der Waals surface area (Å²) < 4.78 is 5.82. The van der Waals surface area contributed by atoms with Crippen LogP contribution in [0.15, 0.2) is 0 Å². The van der Waals surface area contributed by atoms with Gasteiger partial charge in [-0.1, -0.05) is 26.7 Å². The maximum absolute atomic E-state index is 12.1. The number of fused-ring (bicyclic) bond motifs is 5. The molecule has 4 nitrogen and oxygen atoms in total. The third kappa shape index (κ3) is 3.21. The van der Waals surface area contributed by atoms with Crippen LogP contribution in [0.4, 0.5) is 0 Å². The van der Waals surface area contributed by atoms with Gasteiger partial charge in [0.1, 0.15) is 6.10 Å². The second kappa shape index (κ2) is 7.08. The van der Waals surface area contributed by atoms with Gasteiger partial charge in [-0.3, -0.25) is 4.79 Å². The number of rotatable bonds is 4. The molecule has 0 amide bonds. The van der Waals surface area contributed by atoms with Gasteiger partial charge in [0.15, 0.2) is 0 Å². The molecule has 0 aromatic carbocycles. The zero-order valence-electron chi connectivity index (χ0n) is 17.0. The first-order chi connectivity index (χ1) is 12.8. The number of carbonyl (C=O) groups excluding carboxylic acids is 2. The van der Waals surface area contributed by atoms with E-state index in [4.69, 9.17) is 4.74 Å². The highest BCUT2D eigenvalue weighted by Gasteiger charge is 2.60. The molecule has 0 heterocycles. The lowest BCUT2D eigenvalue weighted by atomic mass is 9.45. The lowest BCUT2D eigenvalue weighted by Gasteiger charge is -2.60. The molecule has 0 radical (unpaired) electrons. The summed E-state index contributed by atoms with van der Waals surface area (Å²) in [5.41, 5.74) is 0.613. The second-order valence-electron chi connectivity index (χ2n) is 10.4. The summed E-state index contributed by atoms with van der Waals surface area (Å²) in [6.45, 7) is 4.93. The van der Waals surface area contributed by atoms with Crippen molar-refractivity contribution in [2.75, 3.05) is 0 Å². The van der Waals surface area contributed by atoms with Crippen LogP contribution in [0.25, 0.3) is 0 Å². The van der Waals surface area contributed by atoms with Crippen molar-refractivity contribution in [2.24, 2.45) is 34.5 Å². The fraction of sp³-hybridized carbons (Fsp3) is 0.913. The molecule has 0 saturated heterocycles. The van der Waals surface area contributed by atoms with E-state index in [-0.39, 0.29) is 30.3 Å². The van der Waals surface area contributed by atoms with Crippen LogP contribution >= 0.6 is 0 Å². The molecular formula is C23H35O4-. The Morgan fingerprint density at radius 2 is 1.67 bits per heavy atom. The average molecular weight is 376 g/mol. The third-order valence-electron chi connectivity index (χ3n) is 9.30. The Morgan fingerprint density at radius 3 is 2.44 bits per heavy atom. The lowest BCUT2D eigenvalue weighted by Crippen LogP contribution is -2.53. The summed E-state index contributed by atoms with van der Waals surface area (Å²) in [5, 5.41) is 10.6. The molecular weight excluding hydrogens is 340 g/mol. The van der Waals surface area contributed by atoms with E-state index in [0.29, 0.717) is 11.3 Å². The highest BCUT2D eigenvalue weighted by atomic mass is 16.5. The molecule has 0 spiro atoms. The van der Waals surface area contributed by atoms with Gasteiger partial charge in [-0.15, -0.1) is 0 Å². The molecule has 0 aliphatic heterocycles. The Hall–Kier alpha value is -1.06. The van der Waals surface area contributed by atoms with Gasteiger partial charge < -0.3 is 14.6 Å². The third-order valence-corrected chi connectivity index (χ3v) is 9.30. The van der Waals surface area contributed by atoms with Gasteiger partial charge in [0.2, 0.25) is 0 Å². The minimum absolute atomic E-state index is 0.0328. The zero-order valence-corrected chi connectivity index (χ0v) is 17.0. The van der Waals surface area contributed by atoms with Crippen LogP contribution in [0.2, 0.25) is 0 Å². The molecule has 0 unspecified atom stereocenters. The van der Waals surface area contributed by atoms with Gasteiger partial charge in [0.25, 0.3) is 0 Å². The van der Waals surface area contributed by atoms with Crippen molar-refractivity contribution in [3.8, 4) is 0 Å². The number of carboxylic acids is 1. The molecule has 7 atom stereocenters. The van der Waals surface area contributed by atoms with Gasteiger partial charge in [-0.25, -0.2) is 0 Å². The minimum Gasteiger partial charge on any atom is -0.550 e. The highest BCUT2D eigenvalue weighted by molar-refractivity contribution is 5.75. The quantitative estimate of drug-likeness (QED) is 0.700. The number of ether oxygens (including phenoxy) is 1.